The lowest BCUT2D eigenvalue weighted by atomic mass is 9.74. The second-order valence-electron chi connectivity index (χ2n) is 7.84. The Morgan fingerprint density at radius 3 is 2.39 bits per heavy atom. The Kier molecular flexibility index (Phi) is 7.80. The van der Waals surface area contributed by atoms with E-state index >= 15 is 0 Å². The summed E-state index contributed by atoms with van der Waals surface area (Å²) in [6, 6.07) is -0.271. The molecule has 0 heterocycles. The molecule has 132 valence electrons. The molecular formula is C19H34N2O2. The van der Waals surface area contributed by atoms with E-state index in [1.165, 1.54) is 12.5 Å². The molecule has 1 fully saturated rings. The zero-order valence-electron chi connectivity index (χ0n) is 15.4. The van der Waals surface area contributed by atoms with E-state index in [2.05, 4.69) is 51.8 Å². The second kappa shape index (κ2) is 9.09. The van der Waals surface area contributed by atoms with Crippen molar-refractivity contribution in [1.29, 1.82) is 0 Å². The second-order valence-corrected chi connectivity index (χ2v) is 7.84. The summed E-state index contributed by atoms with van der Waals surface area (Å²) in [5.74, 6) is 1.70. The van der Waals surface area contributed by atoms with E-state index in [1.54, 1.807) is 0 Å². The van der Waals surface area contributed by atoms with Crippen LogP contribution >= 0.6 is 0 Å². The molecule has 0 aromatic carbocycles. The van der Waals surface area contributed by atoms with Crippen LogP contribution in [0.1, 0.15) is 60.3 Å². The molecule has 2 N–H and O–H groups in total. The van der Waals surface area contributed by atoms with Crippen LogP contribution in [0.25, 0.3) is 0 Å². The van der Waals surface area contributed by atoms with Crippen LogP contribution < -0.4 is 10.6 Å². The lowest BCUT2D eigenvalue weighted by Gasteiger charge is -2.38. The van der Waals surface area contributed by atoms with Gasteiger partial charge in [-0.2, -0.15) is 0 Å². The summed E-state index contributed by atoms with van der Waals surface area (Å²) in [5, 5.41) is 6.00. The summed E-state index contributed by atoms with van der Waals surface area (Å²) in [5.41, 5.74) is 0. The van der Waals surface area contributed by atoms with Crippen molar-refractivity contribution >= 4 is 11.8 Å². The SMILES string of the molecule is C=CC(=O)N[C@@H](CC(C)C)C(=O)N[C@@H]1C[C@@H](C)CC[C@H]1C(C)C. The first-order valence-electron chi connectivity index (χ1n) is 8.97. The van der Waals surface area contributed by atoms with E-state index in [-0.39, 0.29) is 17.9 Å². The van der Waals surface area contributed by atoms with E-state index < -0.39 is 6.04 Å². The number of hydrogen-bond donors (Lipinski definition) is 2. The Labute approximate surface area is 141 Å². The summed E-state index contributed by atoms with van der Waals surface area (Å²) in [7, 11) is 0. The van der Waals surface area contributed by atoms with Gasteiger partial charge in [0, 0.05) is 6.04 Å². The van der Waals surface area contributed by atoms with Gasteiger partial charge in [0.25, 0.3) is 0 Å². The fourth-order valence-electron chi connectivity index (χ4n) is 3.59. The predicted octanol–water partition coefficient (Wildman–Crippen LogP) is 3.28. The molecule has 0 radical (unpaired) electrons. The lowest BCUT2D eigenvalue weighted by molar-refractivity contribution is -0.128. The lowest BCUT2D eigenvalue weighted by Crippen LogP contribution is -2.53. The quantitative estimate of drug-likeness (QED) is 0.707. The first-order valence-corrected chi connectivity index (χ1v) is 8.97. The summed E-state index contributed by atoms with van der Waals surface area (Å²) in [6.45, 7) is 14.3. The third-order valence-electron chi connectivity index (χ3n) is 4.88. The monoisotopic (exact) mass is 322 g/mol. The number of hydrogen-bond acceptors (Lipinski definition) is 2. The van der Waals surface area contributed by atoms with E-state index in [9.17, 15) is 9.59 Å². The molecular weight excluding hydrogens is 288 g/mol. The fraction of sp³-hybridized carbons (Fsp3) is 0.789. The van der Waals surface area contributed by atoms with Gasteiger partial charge in [-0.05, 0) is 49.0 Å². The zero-order valence-corrected chi connectivity index (χ0v) is 15.4. The van der Waals surface area contributed by atoms with Gasteiger partial charge in [-0.25, -0.2) is 0 Å². The molecule has 4 nitrogen and oxygen atoms in total. The molecule has 0 aromatic heterocycles. The van der Waals surface area contributed by atoms with Gasteiger partial charge in [-0.15, -0.1) is 0 Å². The Hall–Kier alpha value is -1.32. The number of carbonyl (C=O) groups excluding carboxylic acids is 2. The topological polar surface area (TPSA) is 58.2 Å². The van der Waals surface area contributed by atoms with Gasteiger partial charge in [0.15, 0.2) is 0 Å². The first kappa shape index (κ1) is 19.7. The Bertz CT molecular complexity index is 418. The zero-order chi connectivity index (χ0) is 17.6. The van der Waals surface area contributed by atoms with Gasteiger partial charge < -0.3 is 10.6 Å². The van der Waals surface area contributed by atoms with Crippen LogP contribution in [-0.2, 0) is 9.59 Å². The molecule has 0 unspecified atom stereocenters. The van der Waals surface area contributed by atoms with E-state index in [0.717, 1.165) is 12.8 Å². The minimum Gasteiger partial charge on any atom is -0.351 e. The van der Waals surface area contributed by atoms with Crippen molar-refractivity contribution in [2.24, 2.45) is 23.7 Å². The largest absolute Gasteiger partial charge is 0.351 e. The summed E-state index contributed by atoms with van der Waals surface area (Å²) in [6.07, 6.45) is 5.29. The van der Waals surface area contributed by atoms with Gasteiger partial charge in [-0.3, -0.25) is 9.59 Å². The van der Waals surface area contributed by atoms with Crippen LogP contribution in [0.4, 0.5) is 0 Å². The van der Waals surface area contributed by atoms with Crippen LogP contribution in [0.3, 0.4) is 0 Å². The fourth-order valence-corrected chi connectivity index (χ4v) is 3.59. The highest BCUT2D eigenvalue weighted by Crippen LogP contribution is 2.33. The molecule has 4 atom stereocenters. The smallest absolute Gasteiger partial charge is 0.244 e. The summed E-state index contributed by atoms with van der Waals surface area (Å²) < 4.78 is 0. The van der Waals surface area contributed by atoms with Gasteiger partial charge in [-0.1, -0.05) is 47.6 Å². The highest BCUT2D eigenvalue weighted by atomic mass is 16.2. The molecule has 23 heavy (non-hydrogen) atoms. The highest BCUT2D eigenvalue weighted by Gasteiger charge is 2.33. The van der Waals surface area contributed by atoms with Crippen LogP contribution in [0.2, 0.25) is 0 Å². The van der Waals surface area contributed by atoms with Crippen molar-refractivity contribution in [2.75, 3.05) is 0 Å². The van der Waals surface area contributed by atoms with Gasteiger partial charge in [0.2, 0.25) is 11.8 Å². The van der Waals surface area contributed by atoms with Crippen LogP contribution in [0, 0.1) is 23.7 Å². The number of carbonyl (C=O) groups is 2. The van der Waals surface area contributed by atoms with Crippen molar-refractivity contribution in [3.8, 4) is 0 Å². The Morgan fingerprint density at radius 2 is 1.87 bits per heavy atom. The number of nitrogens with one attached hydrogen (secondary N) is 2. The van der Waals surface area contributed by atoms with Crippen molar-refractivity contribution in [1.82, 2.24) is 10.6 Å². The maximum Gasteiger partial charge on any atom is 0.244 e. The molecule has 0 aliphatic heterocycles. The standard InChI is InChI=1S/C19H34N2O2/c1-7-18(22)20-17(10-12(2)3)19(23)21-16-11-14(6)8-9-15(16)13(4)5/h7,12-17H,1,8-11H2,2-6H3,(H,20,22)(H,21,23)/t14-,15-,16+,17-/m0/s1. The molecule has 1 aliphatic carbocycles. The molecule has 0 aromatic rings. The molecule has 1 rings (SSSR count). The van der Waals surface area contributed by atoms with Crippen molar-refractivity contribution in [3.63, 3.8) is 0 Å². The van der Waals surface area contributed by atoms with Crippen molar-refractivity contribution < 1.29 is 9.59 Å². The predicted molar refractivity (Wildman–Crippen MR) is 94.9 cm³/mol. The van der Waals surface area contributed by atoms with Crippen LogP contribution in [0.15, 0.2) is 12.7 Å². The Morgan fingerprint density at radius 1 is 1.22 bits per heavy atom. The number of rotatable bonds is 7. The van der Waals surface area contributed by atoms with E-state index in [4.69, 9.17) is 0 Å². The Balaban J connectivity index is 2.77. The normalized spacial score (nSPS) is 26.0. The third-order valence-corrected chi connectivity index (χ3v) is 4.88. The molecule has 0 spiro atoms. The van der Waals surface area contributed by atoms with Crippen LogP contribution in [0.5, 0.6) is 0 Å². The molecule has 4 heteroatoms. The maximum atomic E-state index is 12.7. The molecule has 1 aliphatic rings. The third kappa shape index (κ3) is 6.36. The number of amides is 2. The molecule has 0 bridgehead atoms. The summed E-state index contributed by atoms with van der Waals surface area (Å²) in [4.78, 5) is 24.3. The molecule has 0 saturated heterocycles. The van der Waals surface area contributed by atoms with E-state index in [1.807, 2.05) is 0 Å². The highest BCUT2D eigenvalue weighted by molar-refractivity contribution is 5.92. The first-order chi connectivity index (χ1) is 10.7. The maximum absolute atomic E-state index is 12.7. The average molecular weight is 322 g/mol. The van der Waals surface area contributed by atoms with Gasteiger partial charge in [0.1, 0.15) is 6.04 Å². The van der Waals surface area contributed by atoms with Crippen molar-refractivity contribution in [3.05, 3.63) is 12.7 Å². The minimum atomic E-state index is -0.481. The van der Waals surface area contributed by atoms with Gasteiger partial charge >= 0.3 is 0 Å². The molecule has 2 amide bonds. The average Bonchev–Trinajstić information content (AvgIpc) is 2.45. The van der Waals surface area contributed by atoms with Crippen LogP contribution in [-0.4, -0.2) is 23.9 Å². The van der Waals surface area contributed by atoms with Gasteiger partial charge in [0.05, 0.1) is 0 Å². The van der Waals surface area contributed by atoms with E-state index in [0.29, 0.717) is 30.1 Å². The van der Waals surface area contributed by atoms with Crippen molar-refractivity contribution in [2.45, 2.75) is 72.4 Å². The molecule has 1 saturated carbocycles. The summed E-state index contributed by atoms with van der Waals surface area (Å²) >= 11 is 0. The minimum absolute atomic E-state index is 0.0568.